The zero-order valence-corrected chi connectivity index (χ0v) is 9.46. The molecule has 0 saturated carbocycles. The molecule has 0 aliphatic heterocycles. The highest BCUT2D eigenvalue weighted by molar-refractivity contribution is 5.96. The molecule has 0 fully saturated rings. The van der Waals surface area contributed by atoms with Crippen LogP contribution in [0.15, 0.2) is 47.3 Å². The van der Waals surface area contributed by atoms with Crippen molar-refractivity contribution < 1.29 is 14.3 Å². The second kappa shape index (κ2) is 4.74. The van der Waals surface area contributed by atoms with Gasteiger partial charge in [0.25, 0.3) is 5.91 Å². The van der Waals surface area contributed by atoms with E-state index in [2.05, 4.69) is 0 Å². The van der Waals surface area contributed by atoms with Crippen molar-refractivity contribution in [3.8, 4) is 5.75 Å². The first-order chi connectivity index (χ1) is 8.18. The van der Waals surface area contributed by atoms with Gasteiger partial charge < -0.3 is 14.4 Å². The number of furan rings is 1. The van der Waals surface area contributed by atoms with Gasteiger partial charge in [-0.2, -0.15) is 0 Å². The number of rotatable bonds is 3. The molecule has 0 aliphatic carbocycles. The summed E-state index contributed by atoms with van der Waals surface area (Å²) in [7, 11) is 1.68. The highest BCUT2D eigenvalue weighted by Crippen LogP contribution is 2.18. The third-order valence-corrected chi connectivity index (χ3v) is 2.48. The van der Waals surface area contributed by atoms with Gasteiger partial charge in [-0.15, -0.1) is 0 Å². The molecule has 0 saturated heterocycles. The van der Waals surface area contributed by atoms with Crippen LogP contribution in [0.3, 0.4) is 0 Å². The van der Waals surface area contributed by atoms with Gasteiger partial charge in [-0.25, -0.2) is 0 Å². The molecule has 0 atom stereocenters. The molecule has 88 valence electrons. The Hall–Kier alpha value is -2.23. The van der Waals surface area contributed by atoms with Gasteiger partial charge in [-0.3, -0.25) is 4.79 Å². The molecule has 0 bridgehead atoms. The average molecular weight is 231 g/mol. The van der Waals surface area contributed by atoms with Crippen LogP contribution >= 0.6 is 0 Å². The van der Waals surface area contributed by atoms with Crippen molar-refractivity contribution in [2.45, 2.75) is 6.54 Å². The fourth-order valence-corrected chi connectivity index (χ4v) is 1.59. The molecule has 0 radical (unpaired) electrons. The molecule has 1 amide bonds. The lowest BCUT2D eigenvalue weighted by Gasteiger charge is -2.16. The van der Waals surface area contributed by atoms with Crippen LogP contribution in [0.1, 0.15) is 15.9 Å². The average Bonchev–Trinajstić information content (AvgIpc) is 2.81. The number of para-hydroxylation sites is 1. The predicted octanol–water partition coefficient (Wildman–Crippen LogP) is 2.26. The summed E-state index contributed by atoms with van der Waals surface area (Å²) in [4.78, 5) is 13.6. The number of phenolic OH excluding ortho intramolecular Hbond substituents is 1. The number of phenols is 1. The summed E-state index contributed by atoms with van der Waals surface area (Å²) in [6, 6.07) is 8.30. The van der Waals surface area contributed by atoms with Crippen LogP contribution < -0.4 is 0 Å². The topological polar surface area (TPSA) is 53.7 Å². The van der Waals surface area contributed by atoms with Gasteiger partial charge in [0, 0.05) is 19.2 Å². The zero-order chi connectivity index (χ0) is 12.3. The summed E-state index contributed by atoms with van der Waals surface area (Å²) in [5, 5.41) is 9.59. The molecular formula is C13H13NO3. The fourth-order valence-electron chi connectivity index (χ4n) is 1.59. The molecular weight excluding hydrogens is 218 g/mol. The molecule has 1 heterocycles. The third kappa shape index (κ3) is 2.47. The van der Waals surface area contributed by atoms with E-state index in [1.54, 1.807) is 43.8 Å². The van der Waals surface area contributed by atoms with Crippen LogP contribution in [0.25, 0.3) is 0 Å². The van der Waals surface area contributed by atoms with E-state index >= 15 is 0 Å². The van der Waals surface area contributed by atoms with Crippen molar-refractivity contribution in [2.24, 2.45) is 0 Å². The Morgan fingerprint density at radius 3 is 2.76 bits per heavy atom. The molecule has 0 aliphatic rings. The van der Waals surface area contributed by atoms with Crippen LogP contribution in [0.2, 0.25) is 0 Å². The van der Waals surface area contributed by atoms with Crippen molar-refractivity contribution in [3.63, 3.8) is 0 Å². The lowest BCUT2D eigenvalue weighted by molar-refractivity contribution is 0.0782. The Kier molecular flexibility index (Phi) is 3.14. The van der Waals surface area contributed by atoms with Gasteiger partial charge in [0.05, 0.1) is 18.1 Å². The number of carbonyl (C=O) groups is 1. The number of aromatic hydroxyl groups is 1. The maximum absolute atomic E-state index is 12.0. The summed E-state index contributed by atoms with van der Waals surface area (Å²) in [5.74, 6) is -0.221. The van der Waals surface area contributed by atoms with E-state index in [4.69, 9.17) is 4.42 Å². The number of nitrogens with zero attached hydrogens (tertiary/aromatic N) is 1. The van der Waals surface area contributed by atoms with Gasteiger partial charge >= 0.3 is 0 Å². The quantitative estimate of drug-likeness (QED) is 0.881. The standard InChI is InChI=1S/C13H13NO3/c1-14(8-10-6-7-17-9-10)13(16)11-4-2-3-5-12(11)15/h2-7,9,15H,8H2,1H3. The maximum atomic E-state index is 12.0. The molecule has 1 aromatic heterocycles. The first kappa shape index (κ1) is 11.3. The van der Waals surface area contributed by atoms with E-state index in [0.717, 1.165) is 5.56 Å². The molecule has 0 spiro atoms. The van der Waals surface area contributed by atoms with E-state index in [-0.39, 0.29) is 11.7 Å². The number of hydrogen-bond acceptors (Lipinski definition) is 3. The summed E-state index contributed by atoms with van der Waals surface area (Å²) in [6.45, 7) is 0.448. The lowest BCUT2D eigenvalue weighted by atomic mass is 10.1. The van der Waals surface area contributed by atoms with Crippen LogP contribution in [0.4, 0.5) is 0 Å². The van der Waals surface area contributed by atoms with Gasteiger partial charge in [-0.1, -0.05) is 12.1 Å². The highest BCUT2D eigenvalue weighted by Gasteiger charge is 2.15. The molecule has 0 unspecified atom stereocenters. The number of benzene rings is 1. The number of amides is 1. The minimum Gasteiger partial charge on any atom is -0.507 e. The van der Waals surface area contributed by atoms with E-state index in [1.807, 2.05) is 0 Å². The van der Waals surface area contributed by atoms with E-state index in [9.17, 15) is 9.90 Å². The Labute approximate surface area is 99.1 Å². The minimum absolute atomic E-state index is 0.00320. The molecule has 2 rings (SSSR count). The summed E-state index contributed by atoms with van der Waals surface area (Å²) in [5.41, 5.74) is 1.22. The molecule has 1 N–H and O–H groups in total. The summed E-state index contributed by atoms with van der Waals surface area (Å²) in [6.07, 6.45) is 3.16. The van der Waals surface area contributed by atoms with Crippen molar-refractivity contribution in [1.29, 1.82) is 0 Å². The van der Waals surface area contributed by atoms with Gasteiger partial charge in [-0.05, 0) is 18.2 Å². The highest BCUT2D eigenvalue weighted by atomic mass is 16.3. The maximum Gasteiger partial charge on any atom is 0.257 e. The first-order valence-corrected chi connectivity index (χ1v) is 5.23. The Balaban J connectivity index is 2.13. The normalized spacial score (nSPS) is 10.2. The van der Waals surface area contributed by atoms with Crippen molar-refractivity contribution in [1.82, 2.24) is 4.90 Å². The summed E-state index contributed by atoms with van der Waals surface area (Å²) < 4.78 is 4.94. The van der Waals surface area contributed by atoms with Crippen molar-refractivity contribution in [2.75, 3.05) is 7.05 Å². The van der Waals surface area contributed by atoms with Gasteiger partial charge in [0.1, 0.15) is 5.75 Å². The Morgan fingerprint density at radius 2 is 2.12 bits per heavy atom. The Bertz CT molecular complexity index is 505. The predicted molar refractivity (Wildman–Crippen MR) is 62.6 cm³/mol. The smallest absolute Gasteiger partial charge is 0.257 e. The van der Waals surface area contributed by atoms with Crippen molar-refractivity contribution >= 4 is 5.91 Å². The van der Waals surface area contributed by atoms with E-state index in [1.165, 1.54) is 11.0 Å². The number of carbonyl (C=O) groups excluding carboxylic acids is 1. The van der Waals surface area contributed by atoms with Gasteiger partial charge in [0.2, 0.25) is 0 Å². The van der Waals surface area contributed by atoms with E-state index in [0.29, 0.717) is 12.1 Å². The molecule has 4 nitrogen and oxygen atoms in total. The molecule has 1 aromatic carbocycles. The van der Waals surface area contributed by atoms with Crippen LogP contribution in [-0.2, 0) is 6.54 Å². The SMILES string of the molecule is CN(Cc1ccoc1)C(=O)c1ccccc1O. The van der Waals surface area contributed by atoms with Crippen LogP contribution in [0.5, 0.6) is 5.75 Å². The second-order valence-electron chi connectivity index (χ2n) is 3.81. The number of hydrogen-bond donors (Lipinski definition) is 1. The molecule has 4 heteroatoms. The van der Waals surface area contributed by atoms with Crippen molar-refractivity contribution in [3.05, 3.63) is 54.0 Å². The molecule has 17 heavy (non-hydrogen) atoms. The van der Waals surface area contributed by atoms with E-state index < -0.39 is 0 Å². The zero-order valence-electron chi connectivity index (χ0n) is 9.46. The van der Waals surface area contributed by atoms with Crippen LogP contribution in [-0.4, -0.2) is 23.0 Å². The lowest BCUT2D eigenvalue weighted by Crippen LogP contribution is -2.26. The second-order valence-corrected chi connectivity index (χ2v) is 3.81. The fraction of sp³-hybridized carbons (Fsp3) is 0.154. The first-order valence-electron chi connectivity index (χ1n) is 5.23. The Morgan fingerprint density at radius 1 is 1.35 bits per heavy atom. The molecule has 2 aromatic rings. The van der Waals surface area contributed by atoms with Gasteiger partial charge in [0.15, 0.2) is 0 Å². The minimum atomic E-state index is -0.218. The monoisotopic (exact) mass is 231 g/mol. The third-order valence-electron chi connectivity index (χ3n) is 2.48. The summed E-state index contributed by atoms with van der Waals surface area (Å²) >= 11 is 0. The van der Waals surface area contributed by atoms with Crippen LogP contribution in [0, 0.1) is 0 Å². The largest absolute Gasteiger partial charge is 0.507 e.